The summed E-state index contributed by atoms with van der Waals surface area (Å²) in [5.74, 6) is 0.751. The van der Waals surface area contributed by atoms with E-state index < -0.39 is 5.97 Å². The van der Waals surface area contributed by atoms with Gasteiger partial charge in [-0.25, -0.2) is 4.79 Å². The second-order valence-corrected chi connectivity index (χ2v) is 4.85. The first-order chi connectivity index (χ1) is 10.2. The fraction of sp³-hybridized carbons (Fsp3) is 0.438. The summed E-state index contributed by atoms with van der Waals surface area (Å²) in [5, 5.41) is 8.65. The van der Waals surface area contributed by atoms with Gasteiger partial charge >= 0.3 is 5.97 Å². The molecule has 0 amide bonds. The Labute approximate surface area is 124 Å². The van der Waals surface area contributed by atoms with Crippen LogP contribution in [-0.4, -0.2) is 37.5 Å². The van der Waals surface area contributed by atoms with Gasteiger partial charge in [-0.15, -0.1) is 0 Å². The quantitative estimate of drug-likeness (QED) is 0.783. The van der Waals surface area contributed by atoms with Crippen molar-refractivity contribution < 1.29 is 24.1 Å². The lowest BCUT2D eigenvalue weighted by Gasteiger charge is -2.14. The van der Waals surface area contributed by atoms with Crippen molar-refractivity contribution in [1.29, 1.82) is 0 Å². The first kappa shape index (κ1) is 15.4. The van der Waals surface area contributed by atoms with Crippen molar-refractivity contribution in [1.82, 2.24) is 0 Å². The molecule has 21 heavy (non-hydrogen) atoms. The maximum Gasteiger partial charge on any atom is 0.328 e. The molecule has 0 radical (unpaired) electrons. The standard InChI is InChI=1S/C16H20O5/c1-2-20-15-9-12(4-6-16(17)18)3-5-14(15)21-11-13-7-8-19-10-13/h3-6,9,13H,2,7-8,10-11H2,1H3,(H,17,18). The summed E-state index contributed by atoms with van der Waals surface area (Å²) in [7, 11) is 0. The van der Waals surface area contributed by atoms with Gasteiger partial charge in [-0.2, -0.15) is 0 Å². The number of carbonyl (C=O) groups is 1. The van der Waals surface area contributed by atoms with E-state index >= 15 is 0 Å². The minimum absolute atomic E-state index is 0.422. The average Bonchev–Trinajstić information content (AvgIpc) is 2.97. The topological polar surface area (TPSA) is 65.0 Å². The Morgan fingerprint density at radius 3 is 2.95 bits per heavy atom. The van der Waals surface area contributed by atoms with Gasteiger partial charge in [-0.1, -0.05) is 6.07 Å². The van der Waals surface area contributed by atoms with Crippen LogP contribution in [0.25, 0.3) is 6.08 Å². The Hall–Kier alpha value is -2.01. The van der Waals surface area contributed by atoms with Gasteiger partial charge in [0.05, 0.1) is 19.8 Å². The van der Waals surface area contributed by atoms with E-state index in [0.717, 1.165) is 31.3 Å². The maximum absolute atomic E-state index is 10.5. The van der Waals surface area contributed by atoms with Crippen LogP contribution in [0.3, 0.4) is 0 Å². The molecule has 1 aliphatic heterocycles. The molecule has 1 unspecified atom stereocenters. The molecule has 1 heterocycles. The van der Waals surface area contributed by atoms with Crippen LogP contribution in [0.5, 0.6) is 11.5 Å². The number of aliphatic carboxylic acids is 1. The summed E-state index contributed by atoms with van der Waals surface area (Å²) in [5.41, 5.74) is 0.761. The number of hydrogen-bond donors (Lipinski definition) is 1. The zero-order valence-corrected chi connectivity index (χ0v) is 12.1. The molecule has 5 nitrogen and oxygen atoms in total. The van der Waals surface area contributed by atoms with Gasteiger partial charge in [-0.05, 0) is 37.1 Å². The molecule has 0 bridgehead atoms. The normalized spacial score (nSPS) is 18.0. The first-order valence-corrected chi connectivity index (χ1v) is 7.07. The van der Waals surface area contributed by atoms with Crippen molar-refractivity contribution in [3.63, 3.8) is 0 Å². The average molecular weight is 292 g/mol. The van der Waals surface area contributed by atoms with Crippen LogP contribution in [0.1, 0.15) is 18.9 Å². The van der Waals surface area contributed by atoms with E-state index in [1.165, 1.54) is 6.08 Å². The molecule has 1 aliphatic rings. The van der Waals surface area contributed by atoms with Gasteiger partial charge in [0.1, 0.15) is 0 Å². The number of carboxylic acid groups (broad SMARTS) is 1. The smallest absolute Gasteiger partial charge is 0.328 e. The Balaban J connectivity index is 2.06. The lowest BCUT2D eigenvalue weighted by Crippen LogP contribution is -2.12. The minimum atomic E-state index is -0.977. The molecule has 0 spiro atoms. The lowest BCUT2D eigenvalue weighted by molar-refractivity contribution is -0.131. The molecule has 0 aliphatic carbocycles. The molecule has 5 heteroatoms. The second kappa shape index (κ2) is 7.69. The van der Waals surface area contributed by atoms with E-state index in [-0.39, 0.29) is 0 Å². The van der Waals surface area contributed by atoms with Crippen LogP contribution >= 0.6 is 0 Å². The predicted molar refractivity (Wildman–Crippen MR) is 78.7 cm³/mol. The molecule has 1 atom stereocenters. The summed E-state index contributed by atoms with van der Waals surface area (Å²) in [6.45, 7) is 4.56. The third kappa shape index (κ3) is 4.79. The van der Waals surface area contributed by atoms with Crippen LogP contribution < -0.4 is 9.47 Å². The van der Waals surface area contributed by atoms with E-state index in [4.69, 9.17) is 19.3 Å². The summed E-state index contributed by atoms with van der Waals surface area (Å²) < 4.78 is 16.7. The van der Waals surface area contributed by atoms with Gasteiger partial charge in [0.25, 0.3) is 0 Å². The highest BCUT2D eigenvalue weighted by atomic mass is 16.5. The predicted octanol–water partition coefficient (Wildman–Crippen LogP) is 2.60. The van der Waals surface area contributed by atoms with E-state index in [0.29, 0.717) is 30.6 Å². The maximum atomic E-state index is 10.5. The van der Waals surface area contributed by atoms with Gasteiger partial charge < -0.3 is 19.3 Å². The molecule has 0 aromatic heterocycles. The lowest BCUT2D eigenvalue weighted by atomic mass is 10.1. The van der Waals surface area contributed by atoms with Crippen molar-refractivity contribution in [3.8, 4) is 11.5 Å². The van der Waals surface area contributed by atoms with Crippen molar-refractivity contribution in [2.24, 2.45) is 5.92 Å². The second-order valence-electron chi connectivity index (χ2n) is 4.85. The molecular formula is C16H20O5. The Kier molecular flexibility index (Phi) is 5.63. The van der Waals surface area contributed by atoms with E-state index in [9.17, 15) is 4.79 Å². The molecule has 1 fully saturated rings. The highest BCUT2D eigenvalue weighted by Gasteiger charge is 2.17. The summed E-state index contributed by atoms with van der Waals surface area (Å²) in [6, 6.07) is 5.40. The van der Waals surface area contributed by atoms with Crippen LogP contribution in [0, 0.1) is 5.92 Å². The van der Waals surface area contributed by atoms with Crippen LogP contribution in [0.2, 0.25) is 0 Å². The largest absolute Gasteiger partial charge is 0.490 e. The Morgan fingerprint density at radius 1 is 1.43 bits per heavy atom. The van der Waals surface area contributed by atoms with Gasteiger partial charge in [0, 0.05) is 18.6 Å². The van der Waals surface area contributed by atoms with Gasteiger partial charge in [0.15, 0.2) is 11.5 Å². The van der Waals surface area contributed by atoms with Crippen LogP contribution in [-0.2, 0) is 9.53 Å². The highest BCUT2D eigenvalue weighted by Crippen LogP contribution is 2.30. The number of rotatable bonds is 7. The molecule has 1 N–H and O–H groups in total. The molecule has 1 saturated heterocycles. The summed E-state index contributed by atoms with van der Waals surface area (Å²) >= 11 is 0. The first-order valence-electron chi connectivity index (χ1n) is 7.07. The molecule has 1 aromatic carbocycles. The number of carboxylic acids is 1. The SMILES string of the molecule is CCOc1cc(C=CC(=O)O)ccc1OCC1CCOC1. The third-order valence-electron chi connectivity index (χ3n) is 3.18. The zero-order valence-electron chi connectivity index (χ0n) is 12.1. The fourth-order valence-corrected chi connectivity index (χ4v) is 2.11. The molecule has 1 aromatic rings. The summed E-state index contributed by atoms with van der Waals surface area (Å²) in [4.78, 5) is 10.5. The van der Waals surface area contributed by atoms with E-state index in [2.05, 4.69) is 0 Å². The monoisotopic (exact) mass is 292 g/mol. The fourth-order valence-electron chi connectivity index (χ4n) is 2.11. The Bertz CT molecular complexity index is 503. The number of ether oxygens (including phenoxy) is 3. The van der Waals surface area contributed by atoms with Crippen molar-refractivity contribution in [2.45, 2.75) is 13.3 Å². The van der Waals surface area contributed by atoms with E-state index in [1.807, 2.05) is 19.1 Å². The van der Waals surface area contributed by atoms with Crippen molar-refractivity contribution in [3.05, 3.63) is 29.8 Å². The van der Waals surface area contributed by atoms with E-state index in [1.54, 1.807) is 6.07 Å². The zero-order chi connectivity index (χ0) is 15.1. The molecular weight excluding hydrogens is 272 g/mol. The van der Waals surface area contributed by atoms with Crippen molar-refractivity contribution >= 4 is 12.0 Å². The molecule has 2 rings (SSSR count). The summed E-state index contributed by atoms with van der Waals surface area (Å²) in [6.07, 6.45) is 3.64. The Morgan fingerprint density at radius 2 is 2.29 bits per heavy atom. The van der Waals surface area contributed by atoms with Gasteiger partial charge in [0.2, 0.25) is 0 Å². The third-order valence-corrected chi connectivity index (χ3v) is 3.18. The highest BCUT2D eigenvalue weighted by molar-refractivity contribution is 5.85. The number of hydrogen-bond acceptors (Lipinski definition) is 4. The molecule has 0 saturated carbocycles. The molecule has 114 valence electrons. The van der Waals surface area contributed by atoms with Gasteiger partial charge in [-0.3, -0.25) is 0 Å². The van der Waals surface area contributed by atoms with Crippen molar-refractivity contribution in [2.75, 3.05) is 26.4 Å². The minimum Gasteiger partial charge on any atom is -0.490 e. The van der Waals surface area contributed by atoms with Crippen LogP contribution in [0.4, 0.5) is 0 Å². The van der Waals surface area contributed by atoms with Crippen LogP contribution in [0.15, 0.2) is 24.3 Å². The number of benzene rings is 1.